The van der Waals surface area contributed by atoms with Crippen LogP contribution in [0.25, 0.3) is 0 Å². The van der Waals surface area contributed by atoms with E-state index in [4.69, 9.17) is 5.73 Å². The molecule has 0 saturated carbocycles. The number of hydrogen-bond donors (Lipinski definition) is 3. The molecule has 4 N–H and O–H groups in total. The first-order chi connectivity index (χ1) is 11.5. The number of hydrogen-bond acceptors (Lipinski definition) is 3. The number of benzene rings is 1. The van der Waals surface area contributed by atoms with Crippen LogP contribution in [0.1, 0.15) is 43.1 Å². The fourth-order valence-electron chi connectivity index (χ4n) is 2.65. The lowest BCUT2D eigenvalue weighted by Crippen LogP contribution is -2.54. The van der Waals surface area contributed by atoms with E-state index in [1.54, 1.807) is 6.92 Å². The predicted octanol–water partition coefficient (Wildman–Crippen LogP) is 2.31. The van der Waals surface area contributed by atoms with Crippen LogP contribution in [0, 0.1) is 5.92 Å². The zero-order valence-corrected chi connectivity index (χ0v) is 14.5. The van der Waals surface area contributed by atoms with E-state index >= 15 is 0 Å². The largest absolute Gasteiger partial charge is 0.417 e. The zero-order valence-electron chi connectivity index (χ0n) is 14.5. The molecule has 0 saturated heterocycles. The van der Waals surface area contributed by atoms with Crippen molar-refractivity contribution in [2.75, 3.05) is 13.1 Å². The number of nitrogens with two attached hydrogens (primary N) is 1. The van der Waals surface area contributed by atoms with Crippen molar-refractivity contribution in [1.82, 2.24) is 10.6 Å². The van der Waals surface area contributed by atoms with Crippen molar-refractivity contribution in [2.45, 2.75) is 38.9 Å². The van der Waals surface area contributed by atoms with Crippen molar-refractivity contribution >= 4 is 11.8 Å². The number of amides is 2. The Morgan fingerprint density at radius 3 is 2.32 bits per heavy atom. The van der Waals surface area contributed by atoms with Crippen LogP contribution in [0.15, 0.2) is 24.3 Å². The molecule has 0 fully saturated rings. The summed E-state index contributed by atoms with van der Waals surface area (Å²) < 4.78 is 38.8. The molecule has 0 radical (unpaired) electrons. The first kappa shape index (κ1) is 21.0. The highest BCUT2D eigenvalue weighted by Gasteiger charge is 2.35. The van der Waals surface area contributed by atoms with Gasteiger partial charge in [0.15, 0.2) is 0 Å². The Labute approximate surface area is 145 Å². The third-order valence-electron chi connectivity index (χ3n) is 3.64. The normalized spacial score (nSPS) is 14.1. The van der Waals surface area contributed by atoms with E-state index < -0.39 is 41.2 Å². The predicted molar refractivity (Wildman–Crippen MR) is 88.8 cm³/mol. The van der Waals surface area contributed by atoms with E-state index in [1.165, 1.54) is 12.1 Å². The van der Waals surface area contributed by atoms with Gasteiger partial charge in [0.05, 0.1) is 17.7 Å². The molecule has 1 unspecified atom stereocenters. The van der Waals surface area contributed by atoms with Crippen molar-refractivity contribution in [2.24, 2.45) is 11.7 Å². The van der Waals surface area contributed by atoms with Crippen molar-refractivity contribution in [3.8, 4) is 0 Å². The highest BCUT2D eigenvalue weighted by atomic mass is 19.4. The van der Waals surface area contributed by atoms with Crippen molar-refractivity contribution in [3.63, 3.8) is 0 Å². The molecule has 0 bridgehead atoms. The van der Waals surface area contributed by atoms with E-state index in [1.807, 2.05) is 13.8 Å². The maximum absolute atomic E-state index is 12.9. The molecule has 1 aromatic carbocycles. The number of carbonyl (C=O) groups excluding carboxylic acids is 2. The lowest BCUT2D eigenvalue weighted by Gasteiger charge is -2.31. The highest BCUT2D eigenvalue weighted by Crippen LogP contribution is 2.31. The quantitative estimate of drug-likeness (QED) is 0.698. The van der Waals surface area contributed by atoms with Gasteiger partial charge < -0.3 is 16.4 Å². The van der Waals surface area contributed by atoms with Gasteiger partial charge in [-0.1, -0.05) is 26.0 Å². The number of halogens is 3. The maximum atomic E-state index is 12.9. The Hall–Kier alpha value is -2.09. The molecular formula is C17H24F3N3O2. The molecule has 140 valence electrons. The van der Waals surface area contributed by atoms with E-state index in [0.717, 1.165) is 12.1 Å². The van der Waals surface area contributed by atoms with E-state index in [2.05, 4.69) is 10.6 Å². The van der Waals surface area contributed by atoms with E-state index in [-0.39, 0.29) is 6.54 Å². The zero-order chi connectivity index (χ0) is 19.3. The molecule has 0 aromatic heterocycles. The highest BCUT2D eigenvalue weighted by molar-refractivity contribution is 5.97. The number of nitrogens with one attached hydrogen (secondary N) is 2. The second-order valence-electron chi connectivity index (χ2n) is 6.64. The van der Waals surface area contributed by atoms with Gasteiger partial charge in [-0.05, 0) is 31.4 Å². The summed E-state index contributed by atoms with van der Waals surface area (Å²) in [5.74, 6) is -1.17. The van der Waals surface area contributed by atoms with Gasteiger partial charge >= 0.3 is 6.18 Å². The first-order valence-corrected chi connectivity index (χ1v) is 7.94. The summed E-state index contributed by atoms with van der Waals surface area (Å²) in [5, 5.41) is 4.94. The second kappa shape index (κ2) is 8.33. The van der Waals surface area contributed by atoms with Gasteiger partial charge in [0.1, 0.15) is 0 Å². The lowest BCUT2D eigenvalue weighted by atomic mass is 9.91. The fourth-order valence-corrected chi connectivity index (χ4v) is 2.65. The van der Waals surface area contributed by atoms with Crippen molar-refractivity contribution in [3.05, 3.63) is 35.4 Å². The monoisotopic (exact) mass is 359 g/mol. The molecule has 0 spiro atoms. The molecule has 5 nitrogen and oxygen atoms in total. The topological polar surface area (TPSA) is 84.2 Å². The van der Waals surface area contributed by atoms with Crippen LogP contribution in [0.3, 0.4) is 0 Å². The molecule has 8 heteroatoms. The van der Waals surface area contributed by atoms with Gasteiger partial charge in [-0.3, -0.25) is 9.59 Å². The minimum absolute atomic E-state index is 0.210. The minimum Gasteiger partial charge on any atom is -0.348 e. The summed E-state index contributed by atoms with van der Waals surface area (Å²) >= 11 is 0. The number of alkyl halides is 3. The van der Waals surface area contributed by atoms with Gasteiger partial charge in [0.25, 0.3) is 5.91 Å². The Balaban J connectivity index is 2.73. The molecule has 0 aliphatic carbocycles. The van der Waals surface area contributed by atoms with Gasteiger partial charge in [-0.2, -0.15) is 13.2 Å². The summed E-state index contributed by atoms with van der Waals surface area (Å²) in [6.45, 7) is 5.53. The smallest absolute Gasteiger partial charge is 0.348 e. The van der Waals surface area contributed by atoms with Gasteiger partial charge in [-0.25, -0.2) is 0 Å². The molecule has 0 aliphatic heterocycles. The molecule has 0 aliphatic rings. The third kappa shape index (κ3) is 6.38. The average molecular weight is 359 g/mol. The SMILES string of the molecule is CC(C)CC(C)(CN)NC(=O)CNC(=O)c1ccccc1C(F)(F)F. The molecule has 25 heavy (non-hydrogen) atoms. The third-order valence-corrected chi connectivity index (χ3v) is 3.64. The molecule has 1 rings (SSSR count). The van der Waals surface area contributed by atoms with Crippen LogP contribution >= 0.6 is 0 Å². The Bertz CT molecular complexity index is 617. The van der Waals surface area contributed by atoms with Gasteiger partial charge in [0, 0.05) is 12.1 Å². The Kier molecular flexibility index (Phi) is 6.98. The number of carbonyl (C=O) groups is 2. The average Bonchev–Trinajstić information content (AvgIpc) is 2.51. The van der Waals surface area contributed by atoms with Crippen molar-refractivity contribution in [1.29, 1.82) is 0 Å². The summed E-state index contributed by atoms with van der Waals surface area (Å²) in [6.07, 6.45) is -4.01. The van der Waals surface area contributed by atoms with Crippen LogP contribution < -0.4 is 16.4 Å². The van der Waals surface area contributed by atoms with Crippen molar-refractivity contribution < 1.29 is 22.8 Å². The fraction of sp³-hybridized carbons (Fsp3) is 0.529. The maximum Gasteiger partial charge on any atom is 0.417 e. The van der Waals surface area contributed by atoms with Crippen LogP contribution in [-0.4, -0.2) is 30.4 Å². The van der Waals surface area contributed by atoms with Crippen LogP contribution in [0.4, 0.5) is 13.2 Å². The Morgan fingerprint density at radius 1 is 1.20 bits per heavy atom. The summed E-state index contributed by atoms with van der Waals surface area (Å²) in [4.78, 5) is 24.0. The lowest BCUT2D eigenvalue weighted by molar-refractivity contribution is -0.137. The van der Waals surface area contributed by atoms with Crippen LogP contribution in [0.2, 0.25) is 0 Å². The second-order valence-corrected chi connectivity index (χ2v) is 6.64. The number of rotatable bonds is 7. The minimum atomic E-state index is -4.65. The molecule has 2 amide bonds. The van der Waals surface area contributed by atoms with Gasteiger partial charge in [0.2, 0.25) is 5.91 Å². The molecule has 1 atom stereocenters. The van der Waals surface area contributed by atoms with E-state index in [0.29, 0.717) is 12.3 Å². The summed E-state index contributed by atoms with van der Waals surface area (Å²) in [7, 11) is 0. The van der Waals surface area contributed by atoms with Crippen LogP contribution in [0.5, 0.6) is 0 Å². The summed E-state index contributed by atoms with van der Waals surface area (Å²) in [5.41, 5.74) is 3.49. The Morgan fingerprint density at radius 2 is 1.80 bits per heavy atom. The molecular weight excluding hydrogens is 335 g/mol. The van der Waals surface area contributed by atoms with Crippen LogP contribution in [-0.2, 0) is 11.0 Å². The van der Waals surface area contributed by atoms with Gasteiger partial charge in [-0.15, -0.1) is 0 Å². The standard InChI is InChI=1S/C17H24F3N3O2/c1-11(2)8-16(3,10-21)23-14(24)9-22-15(25)12-6-4-5-7-13(12)17(18,19)20/h4-7,11H,8-10,21H2,1-3H3,(H,22,25)(H,23,24). The first-order valence-electron chi connectivity index (χ1n) is 7.94. The molecule has 1 aromatic rings. The molecule has 0 heterocycles. The van der Waals surface area contributed by atoms with E-state index in [9.17, 15) is 22.8 Å². The summed E-state index contributed by atoms with van der Waals surface area (Å²) in [6, 6.07) is 4.42.